The molecule has 0 unspecified atom stereocenters. The number of nitrogens with zero attached hydrogens (tertiary/aromatic N) is 4. The standard InChI is InChI=1S/C12H6Cl2N4O2/c13-11-7(3-1-5-15-11)9-10(18(19)20-17-9)8-4-2-6-16-12(8)14/h1-6H. The fraction of sp³-hybridized carbons (Fsp3) is 0. The van der Waals surface area contributed by atoms with Crippen molar-refractivity contribution < 1.29 is 9.53 Å². The topological polar surface area (TPSA) is 78.8 Å². The first-order chi connectivity index (χ1) is 9.68. The molecule has 0 amide bonds. The molecule has 6 nitrogen and oxygen atoms in total. The fourth-order valence-electron chi connectivity index (χ4n) is 1.78. The van der Waals surface area contributed by atoms with E-state index >= 15 is 0 Å². The molecule has 0 bridgehead atoms. The second kappa shape index (κ2) is 5.07. The van der Waals surface area contributed by atoms with Gasteiger partial charge >= 0.3 is 0 Å². The summed E-state index contributed by atoms with van der Waals surface area (Å²) < 4.78 is 4.65. The van der Waals surface area contributed by atoms with E-state index in [2.05, 4.69) is 19.8 Å². The molecule has 20 heavy (non-hydrogen) atoms. The van der Waals surface area contributed by atoms with E-state index in [1.54, 1.807) is 24.3 Å². The number of hydrogen-bond donors (Lipinski definition) is 0. The zero-order valence-corrected chi connectivity index (χ0v) is 11.3. The molecule has 0 aliphatic rings. The molecular weight excluding hydrogens is 303 g/mol. The smallest absolute Gasteiger partial charge is 0.259 e. The number of pyridine rings is 2. The Morgan fingerprint density at radius 3 is 2.20 bits per heavy atom. The van der Waals surface area contributed by atoms with Crippen LogP contribution < -0.4 is 4.90 Å². The summed E-state index contributed by atoms with van der Waals surface area (Å²) >= 11 is 12.0. The van der Waals surface area contributed by atoms with Gasteiger partial charge in [-0.3, -0.25) is 4.63 Å². The molecule has 0 N–H and O–H groups in total. The summed E-state index contributed by atoms with van der Waals surface area (Å²) in [6, 6.07) is 6.66. The highest BCUT2D eigenvalue weighted by molar-refractivity contribution is 6.33. The van der Waals surface area contributed by atoms with Gasteiger partial charge in [0.2, 0.25) is 5.69 Å². The van der Waals surface area contributed by atoms with Gasteiger partial charge < -0.3 is 5.21 Å². The third-order valence-electron chi connectivity index (χ3n) is 2.64. The maximum absolute atomic E-state index is 11.8. The van der Waals surface area contributed by atoms with Crippen molar-refractivity contribution in [3.8, 4) is 22.5 Å². The van der Waals surface area contributed by atoms with Crippen molar-refractivity contribution in [3.63, 3.8) is 0 Å². The van der Waals surface area contributed by atoms with Crippen molar-refractivity contribution in [2.24, 2.45) is 0 Å². The molecule has 0 spiro atoms. The SMILES string of the molecule is [O-][n+]1onc(-c2cccnc2Cl)c1-c1cccnc1Cl. The lowest BCUT2D eigenvalue weighted by Gasteiger charge is -2.01. The summed E-state index contributed by atoms with van der Waals surface area (Å²) in [4.78, 5) is 8.14. The molecule has 0 saturated carbocycles. The summed E-state index contributed by atoms with van der Waals surface area (Å²) in [6.07, 6.45) is 3.05. The molecule has 100 valence electrons. The number of halogens is 2. The van der Waals surface area contributed by atoms with Crippen LogP contribution in [0, 0.1) is 5.21 Å². The van der Waals surface area contributed by atoms with Gasteiger partial charge in [-0.05, 0) is 29.2 Å². The molecule has 3 aromatic heterocycles. The van der Waals surface area contributed by atoms with E-state index in [1.807, 2.05) is 0 Å². The van der Waals surface area contributed by atoms with Crippen molar-refractivity contribution in [1.82, 2.24) is 15.1 Å². The van der Waals surface area contributed by atoms with E-state index in [0.717, 1.165) is 0 Å². The van der Waals surface area contributed by atoms with Gasteiger partial charge in [-0.25, -0.2) is 9.97 Å². The summed E-state index contributed by atoms with van der Waals surface area (Å²) in [5.41, 5.74) is 1.27. The normalized spacial score (nSPS) is 10.7. The van der Waals surface area contributed by atoms with Crippen molar-refractivity contribution in [1.29, 1.82) is 0 Å². The molecule has 0 aromatic carbocycles. The lowest BCUT2D eigenvalue weighted by atomic mass is 10.1. The van der Waals surface area contributed by atoms with Crippen molar-refractivity contribution >= 4 is 23.2 Å². The monoisotopic (exact) mass is 308 g/mol. The summed E-state index contributed by atoms with van der Waals surface area (Å²) in [7, 11) is 0. The molecule has 8 heteroatoms. The summed E-state index contributed by atoms with van der Waals surface area (Å²) in [5, 5.41) is 15.9. The van der Waals surface area contributed by atoms with E-state index in [0.29, 0.717) is 11.1 Å². The third kappa shape index (κ3) is 2.09. The summed E-state index contributed by atoms with van der Waals surface area (Å²) in [6.45, 7) is 0. The molecule has 3 heterocycles. The van der Waals surface area contributed by atoms with E-state index in [-0.39, 0.29) is 26.6 Å². The molecule has 3 aromatic rings. The molecule has 0 saturated heterocycles. The van der Waals surface area contributed by atoms with Crippen LogP contribution in [-0.4, -0.2) is 15.1 Å². The van der Waals surface area contributed by atoms with Crippen LogP contribution >= 0.6 is 23.2 Å². The van der Waals surface area contributed by atoms with Crippen molar-refractivity contribution in [3.05, 3.63) is 52.2 Å². The Bertz CT molecular complexity index is 776. The van der Waals surface area contributed by atoms with Crippen molar-refractivity contribution in [2.75, 3.05) is 0 Å². The van der Waals surface area contributed by atoms with Gasteiger partial charge in [0.1, 0.15) is 10.3 Å². The van der Waals surface area contributed by atoms with Gasteiger partial charge in [-0.15, -0.1) is 0 Å². The predicted octanol–water partition coefficient (Wildman–Crippen LogP) is 2.74. The van der Waals surface area contributed by atoms with E-state index in [1.165, 1.54) is 12.4 Å². The highest BCUT2D eigenvalue weighted by Crippen LogP contribution is 2.33. The van der Waals surface area contributed by atoms with Crippen LogP contribution in [0.3, 0.4) is 0 Å². The van der Waals surface area contributed by atoms with Crippen molar-refractivity contribution in [2.45, 2.75) is 0 Å². The van der Waals surface area contributed by atoms with Gasteiger partial charge in [0.25, 0.3) is 5.69 Å². The first kappa shape index (κ1) is 12.8. The third-order valence-corrected chi connectivity index (χ3v) is 3.24. The van der Waals surface area contributed by atoms with Gasteiger partial charge in [0.15, 0.2) is 0 Å². The lowest BCUT2D eigenvalue weighted by molar-refractivity contribution is -0.793. The molecular formula is C12H6Cl2N4O2. The van der Waals surface area contributed by atoms with E-state index in [9.17, 15) is 5.21 Å². The second-order valence-corrected chi connectivity index (χ2v) is 4.53. The Balaban J connectivity index is 2.26. The first-order valence-electron chi connectivity index (χ1n) is 5.50. The fourth-order valence-corrected chi connectivity index (χ4v) is 2.19. The average Bonchev–Trinajstić information content (AvgIpc) is 2.82. The van der Waals surface area contributed by atoms with Gasteiger partial charge in [0, 0.05) is 17.6 Å². The van der Waals surface area contributed by atoms with Crippen LogP contribution in [0.1, 0.15) is 0 Å². The van der Waals surface area contributed by atoms with Crippen LogP contribution in [0.25, 0.3) is 22.5 Å². The zero-order valence-electron chi connectivity index (χ0n) is 9.83. The zero-order chi connectivity index (χ0) is 14.1. The highest BCUT2D eigenvalue weighted by atomic mass is 35.5. The maximum Gasteiger partial charge on any atom is 0.259 e. The first-order valence-corrected chi connectivity index (χ1v) is 6.25. The van der Waals surface area contributed by atoms with E-state index < -0.39 is 0 Å². The van der Waals surface area contributed by atoms with E-state index in [4.69, 9.17) is 23.2 Å². The minimum absolute atomic E-state index is 0.137. The Kier molecular flexibility index (Phi) is 3.25. The molecule has 0 aliphatic carbocycles. The maximum atomic E-state index is 11.8. The van der Waals surface area contributed by atoms with Gasteiger partial charge in [0.05, 0.1) is 11.1 Å². The van der Waals surface area contributed by atoms with Crippen LogP contribution in [0.4, 0.5) is 0 Å². The van der Waals surface area contributed by atoms with Crippen LogP contribution in [-0.2, 0) is 0 Å². The number of aromatic nitrogens is 4. The lowest BCUT2D eigenvalue weighted by Crippen LogP contribution is -2.25. The largest absolute Gasteiger partial charge is 0.359 e. The Hall–Kier alpha value is -2.18. The molecule has 3 rings (SSSR count). The van der Waals surface area contributed by atoms with Crippen LogP contribution in [0.15, 0.2) is 41.3 Å². The minimum Gasteiger partial charge on any atom is -0.359 e. The Morgan fingerprint density at radius 1 is 1.00 bits per heavy atom. The Morgan fingerprint density at radius 2 is 1.60 bits per heavy atom. The minimum atomic E-state index is 0.137. The van der Waals surface area contributed by atoms with Crippen LogP contribution in [0.5, 0.6) is 0 Å². The quantitative estimate of drug-likeness (QED) is 0.537. The van der Waals surface area contributed by atoms with Gasteiger partial charge in [-0.2, -0.15) is 0 Å². The second-order valence-electron chi connectivity index (χ2n) is 3.81. The molecule has 0 aliphatic heterocycles. The molecule has 0 atom stereocenters. The molecule has 0 radical (unpaired) electrons. The molecule has 0 fully saturated rings. The average molecular weight is 309 g/mol. The van der Waals surface area contributed by atoms with Crippen LogP contribution in [0.2, 0.25) is 10.3 Å². The predicted molar refractivity (Wildman–Crippen MR) is 71.9 cm³/mol. The number of rotatable bonds is 2. The highest BCUT2D eigenvalue weighted by Gasteiger charge is 2.26. The number of hydrogen-bond acceptors (Lipinski definition) is 5. The Labute approximate surface area is 123 Å². The summed E-state index contributed by atoms with van der Waals surface area (Å²) in [5.74, 6) is 0. The van der Waals surface area contributed by atoms with Gasteiger partial charge in [-0.1, -0.05) is 23.2 Å².